The monoisotopic (exact) mass is 1430 g/mol. The lowest BCUT2D eigenvalue weighted by atomic mass is 9.95. The molecular formula is C102H64N8O2. The summed E-state index contributed by atoms with van der Waals surface area (Å²) in [6.45, 7) is 0. The molecule has 524 valence electrons. The molecule has 8 aromatic heterocycles. The molecule has 0 radical (unpaired) electrons. The lowest BCUT2D eigenvalue weighted by Crippen LogP contribution is -1.96. The van der Waals surface area contributed by atoms with Crippen molar-refractivity contribution in [1.29, 1.82) is 0 Å². The van der Waals surface area contributed by atoms with Crippen LogP contribution in [-0.2, 0) is 0 Å². The van der Waals surface area contributed by atoms with Gasteiger partial charge >= 0.3 is 0 Å². The fourth-order valence-corrected chi connectivity index (χ4v) is 15.9. The van der Waals surface area contributed by atoms with Crippen molar-refractivity contribution in [2.75, 3.05) is 0 Å². The molecule has 0 aliphatic rings. The van der Waals surface area contributed by atoms with E-state index in [1.807, 2.05) is 78.9 Å². The van der Waals surface area contributed by atoms with Gasteiger partial charge in [0.1, 0.15) is 33.7 Å². The topological polar surface area (TPSA) is 112 Å². The van der Waals surface area contributed by atoms with E-state index in [2.05, 4.69) is 318 Å². The Morgan fingerprint density at radius 1 is 0.196 bits per heavy atom. The fourth-order valence-electron chi connectivity index (χ4n) is 15.9. The minimum atomic E-state index is 0.657. The van der Waals surface area contributed by atoms with E-state index in [9.17, 15) is 0 Å². The van der Waals surface area contributed by atoms with Gasteiger partial charge < -0.3 is 8.83 Å². The van der Waals surface area contributed by atoms with E-state index in [0.717, 1.165) is 189 Å². The Balaban J connectivity index is 0.000000141. The first kappa shape index (κ1) is 65.1. The van der Waals surface area contributed by atoms with Gasteiger partial charge in [-0.1, -0.05) is 309 Å². The van der Waals surface area contributed by atoms with Crippen LogP contribution in [0, 0.1) is 0 Å². The zero-order chi connectivity index (χ0) is 74.0. The van der Waals surface area contributed by atoms with Crippen molar-refractivity contribution in [2.24, 2.45) is 0 Å². The van der Waals surface area contributed by atoms with Crippen LogP contribution in [0.5, 0.6) is 0 Å². The van der Waals surface area contributed by atoms with Crippen molar-refractivity contribution < 1.29 is 8.83 Å². The lowest BCUT2D eigenvalue weighted by Gasteiger charge is -2.11. The van der Waals surface area contributed by atoms with Crippen molar-refractivity contribution in [3.63, 3.8) is 0 Å². The van der Waals surface area contributed by atoms with E-state index < -0.39 is 0 Å². The molecule has 0 unspecified atom stereocenters. The van der Waals surface area contributed by atoms with Gasteiger partial charge in [-0.05, 0) is 101 Å². The molecule has 0 spiro atoms. The largest absolute Gasteiger partial charge is 0.456 e. The first-order valence-corrected chi connectivity index (χ1v) is 37.5. The third kappa shape index (κ3) is 11.7. The number of fused-ring (bicyclic) bond motifs is 12. The van der Waals surface area contributed by atoms with Gasteiger partial charge in [-0.25, -0.2) is 29.0 Å². The van der Waals surface area contributed by atoms with Gasteiger partial charge in [0, 0.05) is 99.1 Å². The van der Waals surface area contributed by atoms with Gasteiger partial charge in [0.15, 0.2) is 11.6 Å². The van der Waals surface area contributed by atoms with Crippen molar-refractivity contribution in [3.8, 4) is 135 Å². The number of benzene rings is 14. The molecule has 8 heterocycles. The second kappa shape index (κ2) is 27.5. The van der Waals surface area contributed by atoms with Gasteiger partial charge in [0.05, 0.1) is 45.2 Å². The van der Waals surface area contributed by atoms with E-state index in [0.29, 0.717) is 11.6 Å². The van der Waals surface area contributed by atoms with Crippen LogP contribution in [0.4, 0.5) is 0 Å². The summed E-state index contributed by atoms with van der Waals surface area (Å²) < 4.78 is 16.7. The summed E-state index contributed by atoms with van der Waals surface area (Å²) >= 11 is 0. The van der Waals surface area contributed by atoms with Gasteiger partial charge in [-0.15, -0.1) is 0 Å². The summed E-state index contributed by atoms with van der Waals surface area (Å²) in [6.07, 6.45) is 0. The minimum Gasteiger partial charge on any atom is -0.456 e. The van der Waals surface area contributed by atoms with Crippen molar-refractivity contribution in [3.05, 3.63) is 388 Å². The van der Waals surface area contributed by atoms with E-state index >= 15 is 0 Å². The molecule has 0 aliphatic carbocycles. The standard InChI is InChI=1S/2C51H32N4O/c1-4-15-33(16-5-1)45-31-36-21-10-11-24-40(36)50-48(34-17-6-2-7-18-34)49(54-55(45)50)39-23-14-22-37(29-39)43-32-44(53-51(52-43)35-19-8-3-9-20-35)38-27-28-47-42(30-38)41-25-12-13-26-46(41)56-47;1-4-15-33(16-5-1)45-30-36-21-10-11-24-40(36)50-48(34-17-6-2-7-18-34)49(54-55(45)50)39-23-14-22-37(29-39)43-32-44(53-51(52-43)35-19-8-3-9-20-35)38-27-28-42-41-25-12-13-26-46(41)56-47(42)31-38/h2*1-32H. The Kier molecular flexibility index (Phi) is 16.0. The van der Waals surface area contributed by atoms with Crippen LogP contribution in [-0.4, -0.2) is 39.2 Å². The number of furan rings is 2. The highest BCUT2D eigenvalue weighted by atomic mass is 16.3. The predicted molar refractivity (Wildman–Crippen MR) is 456 cm³/mol. The first-order valence-electron chi connectivity index (χ1n) is 37.5. The van der Waals surface area contributed by atoms with Gasteiger partial charge in [0.25, 0.3) is 0 Å². The molecule has 0 atom stereocenters. The van der Waals surface area contributed by atoms with Gasteiger partial charge in [-0.2, -0.15) is 10.2 Å². The van der Waals surface area contributed by atoms with Gasteiger partial charge in [0.2, 0.25) is 0 Å². The van der Waals surface area contributed by atoms with Crippen LogP contribution in [0.15, 0.2) is 397 Å². The molecule has 22 aromatic rings. The zero-order valence-corrected chi connectivity index (χ0v) is 60.3. The highest BCUT2D eigenvalue weighted by molar-refractivity contribution is 6.12. The van der Waals surface area contributed by atoms with Crippen molar-refractivity contribution in [2.45, 2.75) is 0 Å². The number of hydrogen-bond donors (Lipinski definition) is 0. The molecule has 0 amide bonds. The van der Waals surface area contributed by atoms with Gasteiger partial charge in [-0.3, -0.25) is 0 Å². The summed E-state index contributed by atoms with van der Waals surface area (Å²) in [7, 11) is 0. The minimum absolute atomic E-state index is 0.657. The molecule has 0 fully saturated rings. The highest BCUT2D eigenvalue weighted by Gasteiger charge is 2.26. The lowest BCUT2D eigenvalue weighted by molar-refractivity contribution is 0.668. The van der Waals surface area contributed by atoms with Crippen LogP contribution in [0.3, 0.4) is 0 Å². The summed E-state index contributed by atoms with van der Waals surface area (Å²) in [4.78, 5) is 20.7. The van der Waals surface area contributed by atoms with E-state index in [1.54, 1.807) is 0 Å². The molecule has 112 heavy (non-hydrogen) atoms. The summed E-state index contributed by atoms with van der Waals surface area (Å²) in [5.41, 5.74) is 27.1. The second-order valence-electron chi connectivity index (χ2n) is 28.1. The SMILES string of the molecule is c1ccc(-c2nc(-c3cccc(-c4nn5c(-c6ccccc6)cc6ccccc6c5c4-c4ccccc4)c3)cc(-c3ccc4c(c3)oc3ccccc34)n2)cc1.c1ccc(-c2nc(-c3cccc(-c4nn5c(-c6ccccc6)cc6ccccc6c5c4-c4ccccc4)c3)cc(-c3ccc4oc5ccccc5c4c3)n2)cc1. The van der Waals surface area contributed by atoms with E-state index in [1.165, 1.54) is 10.8 Å². The third-order valence-corrected chi connectivity index (χ3v) is 21.2. The molecule has 14 aromatic carbocycles. The fraction of sp³-hybridized carbons (Fsp3) is 0. The quantitative estimate of drug-likeness (QED) is 0.119. The molecular weight excluding hydrogens is 1370 g/mol. The van der Waals surface area contributed by atoms with Crippen LogP contribution in [0.25, 0.3) is 212 Å². The number of rotatable bonds is 12. The zero-order valence-electron chi connectivity index (χ0n) is 60.3. The molecule has 10 heteroatoms. The van der Waals surface area contributed by atoms with Crippen LogP contribution in [0.2, 0.25) is 0 Å². The third-order valence-electron chi connectivity index (χ3n) is 21.2. The number of para-hydroxylation sites is 2. The van der Waals surface area contributed by atoms with Crippen LogP contribution in [0.1, 0.15) is 0 Å². The average molecular weight is 1430 g/mol. The Morgan fingerprint density at radius 3 is 0.973 bits per heavy atom. The maximum Gasteiger partial charge on any atom is 0.160 e. The molecule has 0 aliphatic heterocycles. The van der Waals surface area contributed by atoms with Crippen molar-refractivity contribution in [1.82, 2.24) is 39.2 Å². The summed E-state index contributed by atoms with van der Waals surface area (Å²) in [5, 5.41) is 19.9. The maximum absolute atomic E-state index is 6.29. The molecule has 0 bridgehead atoms. The summed E-state index contributed by atoms with van der Waals surface area (Å²) in [6, 6.07) is 135. The average Bonchev–Trinajstić information content (AvgIpc) is 1.55. The van der Waals surface area contributed by atoms with Crippen LogP contribution < -0.4 is 0 Å². The van der Waals surface area contributed by atoms with Crippen molar-refractivity contribution >= 4 is 76.5 Å². The normalized spacial score (nSPS) is 11.6. The second-order valence-corrected chi connectivity index (χ2v) is 28.1. The highest BCUT2D eigenvalue weighted by Crippen LogP contribution is 2.46. The number of pyridine rings is 2. The Labute approximate surface area is 643 Å². The number of hydrogen-bond acceptors (Lipinski definition) is 8. The molecule has 0 saturated heterocycles. The maximum atomic E-state index is 6.29. The Bertz CT molecular complexity index is 7350. The number of nitrogens with zero attached hydrogens (tertiary/aromatic N) is 8. The summed E-state index contributed by atoms with van der Waals surface area (Å²) in [5.74, 6) is 1.32. The van der Waals surface area contributed by atoms with E-state index in [-0.39, 0.29) is 0 Å². The molecule has 22 rings (SSSR count). The smallest absolute Gasteiger partial charge is 0.160 e. The first-order chi connectivity index (χ1) is 55.5. The van der Waals surface area contributed by atoms with Crippen LogP contribution >= 0.6 is 0 Å². The predicted octanol–water partition coefficient (Wildman–Crippen LogP) is 26.4. The Morgan fingerprint density at radius 2 is 0.518 bits per heavy atom. The molecule has 0 N–H and O–H groups in total. The molecule has 0 saturated carbocycles. The van der Waals surface area contributed by atoms with E-state index in [4.69, 9.17) is 39.0 Å². The number of aromatic nitrogens is 8. The molecule has 10 nitrogen and oxygen atoms in total. The Hall–Kier alpha value is -15.3.